The fraction of sp³-hybridized carbons (Fsp3) is 0.350. The summed E-state index contributed by atoms with van der Waals surface area (Å²) in [5.41, 5.74) is 3.58. The summed E-state index contributed by atoms with van der Waals surface area (Å²) in [4.78, 5) is 6.47. The van der Waals surface area contributed by atoms with Crippen molar-refractivity contribution in [3.8, 4) is 5.75 Å². The number of hydrogen-bond donors (Lipinski definition) is 1. The summed E-state index contributed by atoms with van der Waals surface area (Å²) < 4.78 is 10.3. The van der Waals surface area contributed by atoms with Crippen LogP contribution in [0.15, 0.2) is 53.5 Å². The summed E-state index contributed by atoms with van der Waals surface area (Å²) in [5.74, 6) is 1.72. The Morgan fingerprint density at radius 2 is 1.56 bits per heavy atom. The van der Waals surface area contributed by atoms with E-state index in [1.807, 2.05) is 19.2 Å². The number of rotatable bonds is 7. The predicted molar refractivity (Wildman–Crippen MR) is 102 cm³/mol. The van der Waals surface area contributed by atoms with Crippen molar-refractivity contribution < 1.29 is 9.47 Å². The summed E-state index contributed by atoms with van der Waals surface area (Å²) >= 11 is 0. The molecule has 25 heavy (non-hydrogen) atoms. The van der Waals surface area contributed by atoms with Crippen LogP contribution in [0, 0.1) is 0 Å². The molecule has 0 spiro atoms. The molecule has 5 heteroatoms. The summed E-state index contributed by atoms with van der Waals surface area (Å²) in [6.45, 7) is 2.14. The quantitative estimate of drug-likeness (QED) is 0.621. The van der Waals surface area contributed by atoms with Crippen molar-refractivity contribution in [2.45, 2.75) is 19.7 Å². The minimum atomic E-state index is 0.639. The van der Waals surface area contributed by atoms with Crippen LogP contribution in [0.1, 0.15) is 16.7 Å². The lowest BCUT2D eigenvalue weighted by molar-refractivity contribution is 0.185. The van der Waals surface area contributed by atoms with E-state index < -0.39 is 0 Å². The number of hydrogen-bond acceptors (Lipinski definition) is 3. The molecule has 0 atom stereocenters. The summed E-state index contributed by atoms with van der Waals surface area (Å²) in [5, 5.41) is 3.40. The molecule has 0 saturated carbocycles. The van der Waals surface area contributed by atoms with Crippen molar-refractivity contribution >= 4 is 5.96 Å². The Morgan fingerprint density at radius 1 is 0.960 bits per heavy atom. The van der Waals surface area contributed by atoms with E-state index in [1.54, 1.807) is 21.3 Å². The van der Waals surface area contributed by atoms with Gasteiger partial charge in [-0.05, 0) is 28.8 Å². The van der Waals surface area contributed by atoms with Gasteiger partial charge in [0.2, 0.25) is 0 Å². The summed E-state index contributed by atoms with van der Waals surface area (Å²) in [6.07, 6.45) is 0. The zero-order chi connectivity index (χ0) is 18.1. The van der Waals surface area contributed by atoms with Crippen LogP contribution in [0.3, 0.4) is 0 Å². The van der Waals surface area contributed by atoms with Crippen LogP contribution in [-0.2, 0) is 24.4 Å². The molecule has 2 aromatic rings. The largest absolute Gasteiger partial charge is 0.497 e. The van der Waals surface area contributed by atoms with Gasteiger partial charge < -0.3 is 19.7 Å². The average molecular weight is 341 g/mol. The van der Waals surface area contributed by atoms with Crippen molar-refractivity contribution in [3.05, 3.63) is 65.2 Å². The van der Waals surface area contributed by atoms with Crippen molar-refractivity contribution in [1.29, 1.82) is 0 Å². The van der Waals surface area contributed by atoms with Crippen molar-refractivity contribution in [3.63, 3.8) is 0 Å². The normalized spacial score (nSPS) is 11.3. The van der Waals surface area contributed by atoms with Crippen LogP contribution in [0.25, 0.3) is 0 Å². The third kappa shape index (κ3) is 5.80. The molecule has 0 aliphatic heterocycles. The first-order chi connectivity index (χ1) is 12.2. The van der Waals surface area contributed by atoms with Crippen molar-refractivity contribution in [1.82, 2.24) is 10.2 Å². The van der Waals surface area contributed by atoms with Gasteiger partial charge in [0.15, 0.2) is 5.96 Å². The molecule has 2 rings (SSSR count). The molecule has 0 amide bonds. The van der Waals surface area contributed by atoms with Crippen molar-refractivity contribution in [2.24, 2.45) is 4.99 Å². The Morgan fingerprint density at radius 3 is 2.12 bits per heavy atom. The van der Waals surface area contributed by atoms with Crippen molar-refractivity contribution in [2.75, 3.05) is 28.3 Å². The molecular formula is C20H27N3O2. The highest BCUT2D eigenvalue weighted by atomic mass is 16.5. The molecule has 1 N–H and O–H groups in total. The van der Waals surface area contributed by atoms with E-state index in [4.69, 9.17) is 9.47 Å². The van der Waals surface area contributed by atoms with Gasteiger partial charge in [-0.2, -0.15) is 0 Å². The smallest absolute Gasteiger partial charge is 0.193 e. The van der Waals surface area contributed by atoms with Crippen LogP contribution < -0.4 is 10.1 Å². The molecule has 0 unspecified atom stereocenters. The molecular weight excluding hydrogens is 314 g/mol. The minimum Gasteiger partial charge on any atom is -0.497 e. The molecule has 2 aromatic carbocycles. The van der Waals surface area contributed by atoms with Crippen LogP contribution in [0.4, 0.5) is 0 Å². The Labute approximate surface area is 150 Å². The number of ether oxygens (including phenoxy) is 2. The van der Waals surface area contributed by atoms with E-state index in [0.29, 0.717) is 6.61 Å². The van der Waals surface area contributed by atoms with E-state index >= 15 is 0 Å². The van der Waals surface area contributed by atoms with Crippen LogP contribution in [-0.4, -0.2) is 39.2 Å². The Bertz CT molecular complexity index is 666. The molecule has 0 radical (unpaired) electrons. The molecule has 0 bridgehead atoms. The molecule has 0 aromatic heterocycles. The zero-order valence-electron chi connectivity index (χ0n) is 15.5. The molecule has 0 aliphatic rings. The van der Waals surface area contributed by atoms with E-state index in [9.17, 15) is 0 Å². The second-order valence-electron chi connectivity index (χ2n) is 5.85. The topological polar surface area (TPSA) is 46.1 Å². The van der Waals surface area contributed by atoms with Gasteiger partial charge in [-0.3, -0.25) is 4.99 Å². The van der Waals surface area contributed by atoms with Gasteiger partial charge in [0.1, 0.15) is 5.75 Å². The molecule has 0 fully saturated rings. The van der Waals surface area contributed by atoms with Crippen LogP contribution in [0.5, 0.6) is 5.75 Å². The predicted octanol–water partition coefficient (Wildman–Crippen LogP) is 3.05. The Balaban J connectivity index is 1.89. The van der Waals surface area contributed by atoms with Gasteiger partial charge in [-0.15, -0.1) is 0 Å². The number of benzene rings is 2. The zero-order valence-corrected chi connectivity index (χ0v) is 15.5. The van der Waals surface area contributed by atoms with Gasteiger partial charge in [0.25, 0.3) is 0 Å². The fourth-order valence-electron chi connectivity index (χ4n) is 2.57. The minimum absolute atomic E-state index is 0.639. The lowest BCUT2D eigenvalue weighted by Crippen LogP contribution is -2.38. The number of methoxy groups -OCH3 is 2. The first-order valence-electron chi connectivity index (χ1n) is 8.27. The van der Waals surface area contributed by atoms with Gasteiger partial charge in [-0.1, -0.05) is 36.4 Å². The third-order valence-electron chi connectivity index (χ3n) is 3.94. The monoisotopic (exact) mass is 341 g/mol. The number of nitrogens with one attached hydrogen (secondary N) is 1. The number of aliphatic imine (C=N–C) groups is 1. The molecule has 0 aliphatic carbocycles. The second kappa shape index (κ2) is 9.69. The third-order valence-corrected chi connectivity index (χ3v) is 3.94. The fourth-order valence-corrected chi connectivity index (χ4v) is 2.57. The highest BCUT2D eigenvalue weighted by Crippen LogP contribution is 2.12. The SMILES string of the molecule is CN=C(NCc1ccc(COC)cc1)N(C)Cc1ccc(OC)cc1. The van der Waals surface area contributed by atoms with Crippen LogP contribution >= 0.6 is 0 Å². The van der Waals surface area contributed by atoms with E-state index in [1.165, 1.54) is 16.7 Å². The Kier molecular flexibility index (Phi) is 7.29. The molecule has 0 saturated heterocycles. The highest BCUT2D eigenvalue weighted by molar-refractivity contribution is 5.79. The Hall–Kier alpha value is -2.53. The standard InChI is InChI=1S/C20H27N3O2/c1-21-20(22-13-16-5-7-18(8-6-16)15-24-3)23(2)14-17-9-11-19(25-4)12-10-17/h5-12H,13-15H2,1-4H3,(H,21,22). The van der Waals surface area contributed by atoms with Crippen LogP contribution in [0.2, 0.25) is 0 Å². The molecule has 0 heterocycles. The van der Waals surface area contributed by atoms with Gasteiger partial charge >= 0.3 is 0 Å². The number of nitrogens with zero attached hydrogens (tertiary/aromatic N) is 2. The lowest BCUT2D eigenvalue weighted by Gasteiger charge is -2.22. The first kappa shape index (κ1) is 18.8. The maximum Gasteiger partial charge on any atom is 0.193 e. The average Bonchev–Trinajstić information content (AvgIpc) is 2.64. The first-order valence-corrected chi connectivity index (χ1v) is 8.27. The van der Waals surface area contributed by atoms with E-state index in [-0.39, 0.29) is 0 Å². The van der Waals surface area contributed by atoms with E-state index in [2.05, 4.69) is 51.6 Å². The van der Waals surface area contributed by atoms with Gasteiger partial charge in [0.05, 0.1) is 13.7 Å². The lowest BCUT2D eigenvalue weighted by atomic mass is 10.1. The number of guanidine groups is 1. The molecule has 5 nitrogen and oxygen atoms in total. The molecule has 134 valence electrons. The van der Waals surface area contributed by atoms with Gasteiger partial charge in [-0.25, -0.2) is 0 Å². The summed E-state index contributed by atoms with van der Waals surface area (Å²) in [7, 11) is 7.21. The maximum absolute atomic E-state index is 5.20. The maximum atomic E-state index is 5.20. The van der Waals surface area contributed by atoms with Gasteiger partial charge in [0, 0.05) is 34.3 Å². The van der Waals surface area contributed by atoms with E-state index in [0.717, 1.165) is 24.8 Å². The summed E-state index contributed by atoms with van der Waals surface area (Å²) in [6, 6.07) is 16.5. The second-order valence-corrected chi connectivity index (χ2v) is 5.85. The highest BCUT2D eigenvalue weighted by Gasteiger charge is 2.07.